The van der Waals surface area contributed by atoms with Gasteiger partial charge in [-0.15, -0.1) is 0 Å². The van der Waals surface area contributed by atoms with Crippen LogP contribution in [-0.2, 0) is 0 Å². The van der Waals surface area contributed by atoms with Crippen molar-refractivity contribution in [1.29, 1.82) is 0 Å². The van der Waals surface area contributed by atoms with Gasteiger partial charge in [0, 0.05) is 43.4 Å². The summed E-state index contributed by atoms with van der Waals surface area (Å²) in [5.41, 5.74) is 1.28. The molecule has 2 bridgehead atoms. The van der Waals surface area contributed by atoms with Gasteiger partial charge < -0.3 is 20.1 Å². The lowest BCUT2D eigenvalue weighted by Crippen LogP contribution is -2.51. The second-order valence-corrected chi connectivity index (χ2v) is 10.7. The highest BCUT2D eigenvalue weighted by Crippen LogP contribution is 2.37. The zero-order valence-corrected chi connectivity index (χ0v) is 21.9. The third-order valence-corrected chi connectivity index (χ3v) is 8.05. The van der Waals surface area contributed by atoms with Gasteiger partial charge in [-0.3, -0.25) is 4.98 Å². The van der Waals surface area contributed by atoms with E-state index < -0.39 is 5.82 Å². The van der Waals surface area contributed by atoms with Crippen molar-refractivity contribution < 1.29 is 18.6 Å². The number of halogens is 2. The minimum absolute atomic E-state index is 0.0250. The van der Waals surface area contributed by atoms with E-state index in [0.717, 1.165) is 43.1 Å². The van der Waals surface area contributed by atoms with E-state index in [1.54, 1.807) is 18.3 Å². The summed E-state index contributed by atoms with van der Waals surface area (Å²) in [6, 6.07) is 11.4. The molecule has 2 fully saturated rings. The molecule has 0 spiro atoms. The van der Waals surface area contributed by atoms with Crippen LogP contribution in [0.4, 0.5) is 14.6 Å². The van der Waals surface area contributed by atoms with E-state index in [0.29, 0.717) is 47.3 Å². The molecule has 0 radical (unpaired) electrons. The van der Waals surface area contributed by atoms with Gasteiger partial charge in [0.25, 0.3) is 0 Å². The molecule has 4 heterocycles. The van der Waals surface area contributed by atoms with E-state index in [9.17, 15) is 9.50 Å². The van der Waals surface area contributed by atoms with E-state index in [2.05, 4.69) is 20.2 Å². The monoisotopic (exact) mass is 541 g/mol. The van der Waals surface area contributed by atoms with Crippen molar-refractivity contribution in [1.82, 2.24) is 20.3 Å². The first-order valence-electron chi connectivity index (χ1n) is 13.8. The number of benzene rings is 2. The maximum absolute atomic E-state index is 16.4. The largest absolute Gasteiger partial charge is 0.508 e. The normalized spacial score (nSPS) is 20.6. The number of ether oxygens (including phenoxy) is 1. The topological polar surface area (TPSA) is 83.4 Å². The van der Waals surface area contributed by atoms with Crippen LogP contribution in [0.3, 0.4) is 0 Å². The van der Waals surface area contributed by atoms with Crippen LogP contribution in [0.5, 0.6) is 11.8 Å². The highest BCUT2D eigenvalue weighted by molar-refractivity contribution is 5.99. The predicted octanol–water partition coefficient (Wildman–Crippen LogP) is 5.97. The van der Waals surface area contributed by atoms with E-state index in [4.69, 9.17) is 9.72 Å². The third-order valence-electron chi connectivity index (χ3n) is 8.05. The number of nitrogens with one attached hydrogen (secondary N) is 1. The van der Waals surface area contributed by atoms with Crippen molar-refractivity contribution in [2.45, 2.75) is 44.2 Å². The molecule has 7 rings (SSSR count). The molecular formula is C31H29F2N5O2. The van der Waals surface area contributed by atoms with Crippen molar-refractivity contribution in [2.75, 3.05) is 24.6 Å². The number of aromatic hydroxyl groups is 1. The average molecular weight is 542 g/mol. The number of allylic oxidation sites excluding steroid dienone is 3. The third kappa shape index (κ3) is 4.54. The fourth-order valence-corrected chi connectivity index (χ4v) is 6.15. The number of anilines is 1. The summed E-state index contributed by atoms with van der Waals surface area (Å²) in [4.78, 5) is 15.9. The molecule has 40 heavy (non-hydrogen) atoms. The fraction of sp³-hybridized carbons (Fsp3) is 0.323. The fourth-order valence-electron chi connectivity index (χ4n) is 6.15. The maximum atomic E-state index is 16.4. The van der Waals surface area contributed by atoms with Gasteiger partial charge in [-0.25, -0.2) is 8.78 Å². The number of fused-ring (bicyclic) bond motifs is 4. The van der Waals surface area contributed by atoms with Crippen molar-refractivity contribution in [3.63, 3.8) is 0 Å². The number of rotatable bonds is 6. The number of hydrogen-bond acceptors (Lipinski definition) is 7. The summed E-state index contributed by atoms with van der Waals surface area (Å²) in [6.07, 6.45) is 9.14. The Morgan fingerprint density at radius 1 is 1.00 bits per heavy atom. The first-order chi connectivity index (χ1) is 19.5. The first kappa shape index (κ1) is 24.9. The van der Waals surface area contributed by atoms with E-state index in [1.807, 2.05) is 30.3 Å². The summed E-state index contributed by atoms with van der Waals surface area (Å²) in [7, 11) is 0. The van der Waals surface area contributed by atoms with Gasteiger partial charge in [-0.05, 0) is 60.2 Å². The Morgan fingerprint density at radius 2 is 1.80 bits per heavy atom. The first-order valence-corrected chi connectivity index (χ1v) is 13.8. The molecule has 9 heteroatoms. The van der Waals surface area contributed by atoms with Crippen molar-refractivity contribution in [3.8, 4) is 23.0 Å². The minimum atomic E-state index is -0.608. The molecular weight excluding hydrogens is 512 g/mol. The molecule has 2 saturated heterocycles. The van der Waals surface area contributed by atoms with Crippen LogP contribution in [0, 0.1) is 5.82 Å². The Kier molecular flexibility index (Phi) is 6.31. The highest BCUT2D eigenvalue weighted by atomic mass is 19.1. The molecule has 0 saturated carbocycles. The molecule has 1 aliphatic carbocycles. The number of hydrogen-bond donors (Lipinski definition) is 2. The molecule has 2 atom stereocenters. The Bertz CT molecular complexity index is 1680. The molecule has 2 aromatic heterocycles. The van der Waals surface area contributed by atoms with Gasteiger partial charge in [0.2, 0.25) is 0 Å². The standard InChI is InChI=1S/C31H29F2N5O2/c32-26-8-4-2-5-18(26)11-12-40-31-36-29-25(30(37-31)38-16-20-9-10-21(17-38)35-20)15-34-28(27(29)33)24-14-22(39)13-19-6-1-3-7-23(19)24/h1,3,5-8,13-15,20-21,35,39H,2,4,9-12,16-17H2. The van der Waals surface area contributed by atoms with Crippen LogP contribution in [-0.4, -0.2) is 51.8 Å². The lowest BCUT2D eigenvalue weighted by atomic mass is 10.00. The molecule has 204 valence electrons. The van der Waals surface area contributed by atoms with Gasteiger partial charge >= 0.3 is 6.01 Å². The molecule has 2 N–H and O–H groups in total. The Morgan fingerprint density at radius 3 is 2.62 bits per heavy atom. The number of nitrogens with zero attached hydrogens (tertiary/aromatic N) is 4. The molecule has 2 aliphatic heterocycles. The molecule has 2 aromatic carbocycles. The SMILES string of the molecule is Oc1cc(-c2ncc3c(N4CC5CCC(C4)N5)nc(OCCC4=CCCC=C4F)nc3c2F)c2ccccc2c1. The average Bonchev–Trinajstić information content (AvgIpc) is 3.30. The minimum Gasteiger partial charge on any atom is -0.508 e. The quantitative estimate of drug-likeness (QED) is 0.311. The lowest BCUT2D eigenvalue weighted by Gasteiger charge is -2.34. The Hall–Kier alpha value is -4.11. The molecule has 2 unspecified atom stereocenters. The molecule has 7 nitrogen and oxygen atoms in total. The van der Waals surface area contributed by atoms with E-state index in [-0.39, 0.29) is 35.4 Å². The lowest BCUT2D eigenvalue weighted by molar-refractivity contribution is 0.295. The summed E-state index contributed by atoms with van der Waals surface area (Å²) < 4.78 is 36.5. The van der Waals surface area contributed by atoms with Crippen LogP contribution in [0.1, 0.15) is 32.1 Å². The van der Waals surface area contributed by atoms with Gasteiger partial charge in [-0.2, -0.15) is 9.97 Å². The summed E-state index contributed by atoms with van der Waals surface area (Å²) in [5, 5.41) is 16.0. The smallest absolute Gasteiger partial charge is 0.319 e. The number of piperazine rings is 1. The maximum Gasteiger partial charge on any atom is 0.319 e. The zero-order chi connectivity index (χ0) is 27.2. The Labute approximate surface area is 230 Å². The van der Waals surface area contributed by atoms with Crippen LogP contribution in [0.2, 0.25) is 0 Å². The van der Waals surface area contributed by atoms with Crippen LogP contribution in [0.25, 0.3) is 32.9 Å². The van der Waals surface area contributed by atoms with Gasteiger partial charge in [0.05, 0.1) is 12.0 Å². The Balaban J connectivity index is 1.31. The zero-order valence-electron chi connectivity index (χ0n) is 21.9. The highest BCUT2D eigenvalue weighted by Gasteiger charge is 2.34. The number of phenols is 1. The molecule has 3 aliphatic rings. The van der Waals surface area contributed by atoms with Gasteiger partial charge in [0.1, 0.15) is 28.6 Å². The van der Waals surface area contributed by atoms with Crippen LogP contribution in [0.15, 0.2) is 66.1 Å². The van der Waals surface area contributed by atoms with Crippen LogP contribution >= 0.6 is 0 Å². The summed E-state index contributed by atoms with van der Waals surface area (Å²) >= 11 is 0. The van der Waals surface area contributed by atoms with Crippen molar-refractivity contribution in [2.24, 2.45) is 0 Å². The number of pyridine rings is 1. The van der Waals surface area contributed by atoms with Gasteiger partial charge in [0.15, 0.2) is 5.82 Å². The van der Waals surface area contributed by atoms with Crippen LogP contribution < -0.4 is 15.0 Å². The van der Waals surface area contributed by atoms with E-state index >= 15 is 4.39 Å². The number of aromatic nitrogens is 3. The predicted molar refractivity (Wildman–Crippen MR) is 151 cm³/mol. The summed E-state index contributed by atoms with van der Waals surface area (Å²) in [5.74, 6) is -0.216. The molecule has 0 amide bonds. The second kappa shape index (κ2) is 10.1. The van der Waals surface area contributed by atoms with Crippen molar-refractivity contribution in [3.05, 3.63) is 72.0 Å². The van der Waals surface area contributed by atoms with Gasteiger partial charge in [-0.1, -0.05) is 30.3 Å². The number of phenolic OH excluding ortho intramolecular Hbond substituents is 1. The summed E-state index contributed by atoms with van der Waals surface area (Å²) in [6.45, 7) is 1.65. The van der Waals surface area contributed by atoms with Crippen molar-refractivity contribution >= 4 is 27.5 Å². The second-order valence-electron chi connectivity index (χ2n) is 10.7. The van der Waals surface area contributed by atoms with E-state index in [1.165, 1.54) is 6.07 Å². The molecule has 4 aromatic rings.